The minimum absolute atomic E-state index is 0.794. The van der Waals surface area contributed by atoms with E-state index in [9.17, 15) is 0 Å². The van der Waals surface area contributed by atoms with E-state index in [1.54, 1.807) is 0 Å². The summed E-state index contributed by atoms with van der Waals surface area (Å²) in [6, 6.07) is 8.51. The Morgan fingerprint density at radius 1 is 0.737 bits per heavy atom. The van der Waals surface area contributed by atoms with Gasteiger partial charge >= 0.3 is 0 Å². The van der Waals surface area contributed by atoms with Gasteiger partial charge in [-0.25, -0.2) is 0 Å². The Balaban J connectivity index is 2.45. The lowest BCUT2D eigenvalue weighted by Crippen LogP contribution is -2.01. The van der Waals surface area contributed by atoms with Crippen LogP contribution in [-0.2, 0) is 0 Å². The van der Waals surface area contributed by atoms with E-state index in [0.717, 1.165) is 17.1 Å². The van der Waals surface area contributed by atoms with Crippen molar-refractivity contribution >= 4 is 17.1 Å². The van der Waals surface area contributed by atoms with Crippen molar-refractivity contribution in [3.05, 3.63) is 52.1 Å². The van der Waals surface area contributed by atoms with Gasteiger partial charge in [-0.2, -0.15) is 0 Å². The number of anilines is 3. The maximum atomic E-state index is 6.11. The largest absolute Gasteiger partial charge is 0.397 e. The first-order valence-electron chi connectivity index (χ1n) is 6.60. The minimum Gasteiger partial charge on any atom is -0.397 e. The Hall–Kier alpha value is -1.96. The Bertz CT molecular complexity index is 604. The average Bonchev–Trinajstić information content (AvgIpc) is 2.29. The molecule has 0 unspecified atom stereocenters. The summed E-state index contributed by atoms with van der Waals surface area (Å²) in [7, 11) is 0. The van der Waals surface area contributed by atoms with Crippen LogP contribution in [0, 0.1) is 34.6 Å². The summed E-state index contributed by atoms with van der Waals surface area (Å²) in [4.78, 5) is 0. The molecule has 0 spiro atoms. The fourth-order valence-electron chi connectivity index (χ4n) is 2.46. The highest BCUT2D eigenvalue weighted by Crippen LogP contribution is 2.30. The fourth-order valence-corrected chi connectivity index (χ4v) is 2.46. The van der Waals surface area contributed by atoms with Crippen molar-refractivity contribution in [2.45, 2.75) is 34.6 Å². The van der Waals surface area contributed by atoms with E-state index in [2.05, 4.69) is 58.1 Å². The predicted molar refractivity (Wildman–Crippen MR) is 84.3 cm³/mol. The quantitative estimate of drug-likeness (QED) is 0.771. The van der Waals surface area contributed by atoms with Crippen LogP contribution in [0.25, 0.3) is 0 Å². The SMILES string of the molecule is Cc1cc(C)c(Nc2cc(C)c(C)cc2N)c(C)c1. The predicted octanol–water partition coefficient (Wildman–Crippen LogP) is 4.55. The van der Waals surface area contributed by atoms with Gasteiger partial charge in [0.05, 0.1) is 11.4 Å². The molecule has 0 aliphatic rings. The van der Waals surface area contributed by atoms with Gasteiger partial charge in [-0.3, -0.25) is 0 Å². The van der Waals surface area contributed by atoms with Crippen molar-refractivity contribution in [2.24, 2.45) is 0 Å². The second-order valence-corrected chi connectivity index (χ2v) is 5.42. The van der Waals surface area contributed by atoms with Gasteiger partial charge in [0, 0.05) is 5.69 Å². The smallest absolute Gasteiger partial charge is 0.0620 e. The molecule has 19 heavy (non-hydrogen) atoms. The third-order valence-electron chi connectivity index (χ3n) is 3.60. The van der Waals surface area contributed by atoms with Gasteiger partial charge in [0.1, 0.15) is 0 Å². The third kappa shape index (κ3) is 2.73. The Labute approximate surface area is 115 Å². The van der Waals surface area contributed by atoms with E-state index in [0.29, 0.717) is 0 Å². The van der Waals surface area contributed by atoms with Gasteiger partial charge in [0.2, 0.25) is 0 Å². The third-order valence-corrected chi connectivity index (χ3v) is 3.60. The molecule has 0 aliphatic carbocycles. The highest BCUT2D eigenvalue weighted by molar-refractivity contribution is 5.77. The molecule has 0 saturated heterocycles. The average molecular weight is 254 g/mol. The van der Waals surface area contributed by atoms with Crippen molar-refractivity contribution in [1.29, 1.82) is 0 Å². The lowest BCUT2D eigenvalue weighted by Gasteiger charge is -2.16. The lowest BCUT2D eigenvalue weighted by molar-refractivity contribution is 1.30. The molecule has 2 nitrogen and oxygen atoms in total. The number of benzene rings is 2. The fraction of sp³-hybridized carbons (Fsp3) is 0.294. The van der Waals surface area contributed by atoms with Crippen molar-refractivity contribution in [2.75, 3.05) is 11.1 Å². The molecule has 0 fully saturated rings. The van der Waals surface area contributed by atoms with E-state index in [1.165, 1.54) is 27.8 Å². The maximum Gasteiger partial charge on any atom is 0.0620 e. The normalized spacial score (nSPS) is 10.6. The highest BCUT2D eigenvalue weighted by Gasteiger charge is 2.07. The molecule has 0 atom stereocenters. The molecular weight excluding hydrogens is 232 g/mol. The summed E-state index contributed by atoms with van der Waals surface area (Å²) in [5, 5.41) is 3.48. The van der Waals surface area contributed by atoms with Crippen LogP contribution < -0.4 is 11.1 Å². The van der Waals surface area contributed by atoms with Gasteiger partial charge in [0.15, 0.2) is 0 Å². The minimum atomic E-state index is 0.794. The van der Waals surface area contributed by atoms with Crippen LogP contribution in [0.3, 0.4) is 0 Å². The summed E-state index contributed by atoms with van der Waals surface area (Å²) in [6.45, 7) is 10.6. The molecule has 2 rings (SSSR count). The number of aryl methyl sites for hydroxylation is 5. The number of hydrogen-bond donors (Lipinski definition) is 2. The summed E-state index contributed by atoms with van der Waals surface area (Å²) in [6.07, 6.45) is 0. The molecule has 2 aromatic carbocycles. The molecular formula is C17H22N2. The number of nitrogens with one attached hydrogen (secondary N) is 1. The molecule has 0 amide bonds. The molecule has 0 aromatic heterocycles. The van der Waals surface area contributed by atoms with Crippen LogP contribution in [0.15, 0.2) is 24.3 Å². The summed E-state index contributed by atoms with van der Waals surface area (Å²) in [5.74, 6) is 0. The Morgan fingerprint density at radius 2 is 1.26 bits per heavy atom. The van der Waals surface area contributed by atoms with Crippen LogP contribution >= 0.6 is 0 Å². The second-order valence-electron chi connectivity index (χ2n) is 5.42. The zero-order valence-electron chi connectivity index (χ0n) is 12.4. The van der Waals surface area contributed by atoms with Crippen LogP contribution in [-0.4, -0.2) is 0 Å². The molecule has 2 heteroatoms. The number of nitrogens with two attached hydrogens (primary N) is 1. The topological polar surface area (TPSA) is 38.0 Å². The molecule has 0 aliphatic heterocycles. The van der Waals surface area contributed by atoms with Crippen molar-refractivity contribution in [1.82, 2.24) is 0 Å². The molecule has 0 saturated carbocycles. The van der Waals surface area contributed by atoms with Crippen LogP contribution in [0.5, 0.6) is 0 Å². The number of nitrogen functional groups attached to an aromatic ring is 1. The Kier molecular flexibility index (Phi) is 3.52. The van der Waals surface area contributed by atoms with Gasteiger partial charge in [-0.05, 0) is 69.0 Å². The lowest BCUT2D eigenvalue weighted by atomic mass is 10.0. The summed E-state index contributed by atoms with van der Waals surface area (Å²) < 4.78 is 0. The number of hydrogen-bond acceptors (Lipinski definition) is 2. The van der Waals surface area contributed by atoms with E-state index in [4.69, 9.17) is 5.73 Å². The van der Waals surface area contributed by atoms with E-state index < -0.39 is 0 Å². The molecule has 3 N–H and O–H groups in total. The summed E-state index contributed by atoms with van der Waals surface area (Å²) in [5.41, 5.74) is 15.3. The van der Waals surface area contributed by atoms with Gasteiger partial charge < -0.3 is 11.1 Å². The molecule has 0 heterocycles. The molecule has 0 bridgehead atoms. The van der Waals surface area contributed by atoms with Crippen LogP contribution in [0.1, 0.15) is 27.8 Å². The first-order valence-corrected chi connectivity index (χ1v) is 6.60. The van der Waals surface area contributed by atoms with E-state index in [-0.39, 0.29) is 0 Å². The standard InChI is InChI=1S/C17H22N2/c1-10-6-13(4)17(14(5)7-10)19-16-9-12(3)11(2)8-15(16)18/h6-9,19H,18H2,1-5H3. The Morgan fingerprint density at radius 3 is 1.84 bits per heavy atom. The molecule has 100 valence electrons. The molecule has 2 aromatic rings. The highest BCUT2D eigenvalue weighted by atomic mass is 14.9. The zero-order chi connectivity index (χ0) is 14.2. The summed E-state index contributed by atoms with van der Waals surface area (Å²) >= 11 is 0. The maximum absolute atomic E-state index is 6.11. The van der Waals surface area contributed by atoms with Crippen molar-refractivity contribution in [3.8, 4) is 0 Å². The first kappa shape index (κ1) is 13.5. The van der Waals surface area contributed by atoms with Crippen LogP contribution in [0.4, 0.5) is 17.1 Å². The monoisotopic (exact) mass is 254 g/mol. The van der Waals surface area contributed by atoms with E-state index in [1.807, 2.05) is 6.07 Å². The van der Waals surface area contributed by atoms with Gasteiger partial charge in [-0.1, -0.05) is 17.7 Å². The van der Waals surface area contributed by atoms with Gasteiger partial charge in [-0.15, -0.1) is 0 Å². The van der Waals surface area contributed by atoms with Gasteiger partial charge in [0.25, 0.3) is 0 Å². The van der Waals surface area contributed by atoms with Crippen molar-refractivity contribution in [3.63, 3.8) is 0 Å². The molecule has 0 radical (unpaired) electrons. The van der Waals surface area contributed by atoms with Crippen molar-refractivity contribution < 1.29 is 0 Å². The number of rotatable bonds is 2. The van der Waals surface area contributed by atoms with E-state index >= 15 is 0 Å². The van der Waals surface area contributed by atoms with Crippen LogP contribution in [0.2, 0.25) is 0 Å². The first-order chi connectivity index (χ1) is 8.88. The second kappa shape index (κ2) is 4.96. The zero-order valence-corrected chi connectivity index (χ0v) is 12.4.